The van der Waals surface area contributed by atoms with E-state index in [0.717, 1.165) is 25.1 Å². The molecule has 1 atom stereocenters. The van der Waals surface area contributed by atoms with Crippen LogP contribution in [0.15, 0.2) is 35.0 Å². The topological polar surface area (TPSA) is 15.3 Å². The summed E-state index contributed by atoms with van der Waals surface area (Å²) in [6, 6.07) is 7.86. The molecule has 1 aromatic heterocycles. The van der Waals surface area contributed by atoms with E-state index in [-0.39, 0.29) is 11.9 Å². The van der Waals surface area contributed by atoms with Gasteiger partial charge in [-0.25, -0.2) is 4.39 Å². The van der Waals surface area contributed by atoms with Crippen molar-refractivity contribution in [3.05, 3.63) is 57.5 Å². The second-order valence-corrected chi connectivity index (χ2v) is 6.29. The fourth-order valence-electron chi connectivity index (χ4n) is 2.43. The lowest BCUT2D eigenvalue weighted by Gasteiger charge is -2.22. The van der Waals surface area contributed by atoms with Gasteiger partial charge in [-0.3, -0.25) is 0 Å². The molecule has 4 heteroatoms. The Hall–Kier alpha value is -1.23. The quantitative estimate of drug-likeness (QED) is 0.832. The van der Waals surface area contributed by atoms with Gasteiger partial charge in [-0.15, -0.1) is 0 Å². The predicted molar refractivity (Wildman–Crippen MR) is 88.2 cm³/mol. The van der Waals surface area contributed by atoms with E-state index < -0.39 is 0 Å². The Bertz CT molecular complexity index is 554. The van der Waals surface area contributed by atoms with E-state index in [1.165, 1.54) is 5.56 Å². The molecule has 1 unspecified atom stereocenters. The molecule has 0 spiro atoms. The van der Waals surface area contributed by atoms with Crippen LogP contribution in [-0.4, -0.2) is 25.5 Å². The normalized spacial score (nSPS) is 12.8. The SMILES string of the molecule is CNC(CCN(C)Cc1ccsc1)c1ccc(C)c(F)c1. The minimum Gasteiger partial charge on any atom is -0.313 e. The van der Waals surface area contributed by atoms with Gasteiger partial charge in [0.05, 0.1) is 0 Å². The number of hydrogen-bond donors (Lipinski definition) is 1. The monoisotopic (exact) mass is 306 g/mol. The largest absolute Gasteiger partial charge is 0.313 e. The summed E-state index contributed by atoms with van der Waals surface area (Å²) < 4.78 is 13.7. The summed E-state index contributed by atoms with van der Waals surface area (Å²) in [5.74, 6) is -0.126. The molecule has 0 aliphatic heterocycles. The fourth-order valence-corrected chi connectivity index (χ4v) is 3.09. The van der Waals surface area contributed by atoms with E-state index in [1.807, 2.05) is 19.2 Å². The summed E-state index contributed by atoms with van der Waals surface area (Å²) in [6.45, 7) is 3.72. The van der Waals surface area contributed by atoms with Crippen molar-refractivity contribution < 1.29 is 4.39 Å². The van der Waals surface area contributed by atoms with Crippen molar-refractivity contribution in [2.45, 2.75) is 25.9 Å². The maximum absolute atomic E-state index is 13.7. The third-order valence-corrected chi connectivity index (χ3v) is 4.51. The van der Waals surface area contributed by atoms with Crippen LogP contribution in [0.2, 0.25) is 0 Å². The molecular formula is C17H23FN2S. The lowest BCUT2D eigenvalue weighted by atomic mass is 10.0. The predicted octanol–water partition coefficient (Wildman–Crippen LogP) is 3.98. The lowest BCUT2D eigenvalue weighted by molar-refractivity contribution is 0.304. The van der Waals surface area contributed by atoms with E-state index in [1.54, 1.807) is 24.3 Å². The van der Waals surface area contributed by atoms with Gasteiger partial charge in [-0.2, -0.15) is 11.3 Å². The van der Waals surface area contributed by atoms with E-state index in [4.69, 9.17) is 0 Å². The minimum atomic E-state index is -0.126. The Morgan fingerprint density at radius 3 is 2.76 bits per heavy atom. The van der Waals surface area contributed by atoms with Crippen molar-refractivity contribution in [1.82, 2.24) is 10.2 Å². The molecule has 0 saturated carbocycles. The number of rotatable bonds is 7. The minimum absolute atomic E-state index is 0.126. The first-order chi connectivity index (χ1) is 10.1. The molecule has 0 bridgehead atoms. The Kier molecular flexibility index (Phi) is 5.91. The van der Waals surface area contributed by atoms with Gasteiger partial charge in [0.25, 0.3) is 0 Å². The first-order valence-corrected chi connectivity index (χ1v) is 8.17. The van der Waals surface area contributed by atoms with Crippen LogP contribution in [0.3, 0.4) is 0 Å². The second-order valence-electron chi connectivity index (χ2n) is 5.51. The summed E-state index contributed by atoms with van der Waals surface area (Å²) in [5.41, 5.74) is 3.07. The van der Waals surface area contributed by atoms with E-state index >= 15 is 0 Å². The highest BCUT2D eigenvalue weighted by Crippen LogP contribution is 2.20. The number of nitrogens with one attached hydrogen (secondary N) is 1. The molecule has 0 fully saturated rings. The van der Waals surface area contributed by atoms with Gasteiger partial charge in [0.1, 0.15) is 5.82 Å². The van der Waals surface area contributed by atoms with Crippen LogP contribution in [0.1, 0.15) is 29.2 Å². The van der Waals surface area contributed by atoms with Crippen LogP contribution < -0.4 is 5.32 Å². The highest BCUT2D eigenvalue weighted by molar-refractivity contribution is 7.07. The zero-order valence-electron chi connectivity index (χ0n) is 12.9. The first-order valence-electron chi connectivity index (χ1n) is 7.23. The van der Waals surface area contributed by atoms with Gasteiger partial charge in [-0.1, -0.05) is 12.1 Å². The Labute approximate surface area is 130 Å². The van der Waals surface area contributed by atoms with Crippen molar-refractivity contribution in [1.29, 1.82) is 0 Å². The van der Waals surface area contributed by atoms with Crippen molar-refractivity contribution in [3.8, 4) is 0 Å². The van der Waals surface area contributed by atoms with Crippen LogP contribution in [-0.2, 0) is 6.54 Å². The summed E-state index contributed by atoms with van der Waals surface area (Å²) in [4.78, 5) is 2.30. The molecule has 2 rings (SSSR count). The fraction of sp³-hybridized carbons (Fsp3) is 0.412. The molecule has 1 heterocycles. The summed E-state index contributed by atoms with van der Waals surface area (Å²) in [6.07, 6.45) is 0.958. The van der Waals surface area contributed by atoms with E-state index in [2.05, 4.69) is 34.1 Å². The Balaban J connectivity index is 1.91. The maximum Gasteiger partial charge on any atom is 0.126 e. The Morgan fingerprint density at radius 2 is 2.14 bits per heavy atom. The molecule has 0 radical (unpaired) electrons. The summed E-state index contributed by atoms with van der Waals surface area (Å²) >= 11 is 1.73. The van der Waals surface area contributed by atoms with Gasteiger partial charge in [0.2, 0.25) is 0 Å². The molecule has 114 valence electrons. The third-order valence-electron chi connectivity index (χ3n) is 3.78. The van der Waals surface area contributed by atoms with Crippen LogP contribution in [0.25, 0.3) is 0 Å². The Morgan fingerprint density at radius 1 is 1.33 bits per heavy atom. The highest BCUT2D eigenvalue weighted by atomic mass is 32.1. The van der Waals surface area contributed by atoms with E-state index in [9.17, 15) is 4.39 Å². The number of halogens is 1. The molecule has 0 aliphatic carbocycles. The summed E-state index contributed by atoms with van der Waals surface area (Å²) in [7, 11) is 4.06. The van der Waals surface area contributed by atoms with Crippen LogP contribution in [0.4, 0.5) is 4.39 Å². The van der Waals surface area contributed by atoms with Crippen molar-refractivity contribution in [3.63, 3.8) is 0 Å². The molecule has 0 aliphatic rings. The number of hydrogen-bond acceptors (Lipinski definition) is 3. The lowest BCUT2D eigenvalue weighted by Crippen LogP contribution is -2.25. The smallest absolute Gasteiger partial charge is 0.126 e. The molecule has 1 N–H and O–H groups in total. The number of aryl methyl sites for hydroxylation is 1. The number of nitrogens with zero attached hydrogens (tertiary/aromatic N) is 1. The molecule has 0 saturated heterocycles. The maximum atomic E-state index is 13.7. The van der Waals surface area contributed by atoms with Crippen LogP contribution in [0, 0.1) is 12.7 Å². The van der Waals surface area contributed by atoms with Crippen molar-refractivity contribution in [2.75, 3.05) is 20.6 Å². The molecule has 2 nitrogen and oxygen atoms in total. The highest BCUT2D eigenvalue weighted by Gasteiger charge is 2.12. The van der Waals surface area contributed by atoms with Gasteiger partial charge in [-0.05, 0) is 73.6 Å². The van der Waals surface area contributed by atoms with Gasteiger partial charge < -0.3 is 10.2 Å². The zero-order chi connectivity index (χ0) is 15.2. The molecule has 0 amide bonds. The van der Waals surface area contributed by atoms with Gasteiger partial charge in [0.15, 0.2) is 0 Å². The van der Waals surface area contributed by atoms with Crippen molar-refractivity contribution >= 4 is 11.3 Å². The van der Waals surface area contributed by atoms with Gasteiger partial charge in [0, 0.05) is 12.6 Å². The average Bonchev–Trinajstić information content (AvgIpc) is 2.96. The zero-order valence-corrected chi connectivity index (χ0v) is 13.7. The summed E-state index contributed by atoms with van der Waals surface area (Å²) in [5, 5.41) is 7.58. The van der Waals surface area contributed by atoms with Crippen LogP contribution in [0.5, 0.6) is 0 Å². The number of benzene rings is 1. The molecular weight excluding hydrogens is 283 g/mol. The van der Waals surface area contributed by atoms with Crippen molar-refractivity contribution in [2.24, 2.45) is 0 Å². The average molecular weight is 306 g/mol. The third kappa shape index (κ3) is 4.63. The molecule has 21 heavy (non-hydrogen) atoms. The molecule has 2 aromatic rings. The van der Waals surface area contributed by atoms with E-state index in [0.29, 0.717) is 5.56 Å². The van der Waals surface area contributed by atoms with Crippen LogP contribution >= 0.6 is 11.3 Å². The second kappa shape index (κ2) is 7.69. The number of thiophene rings is 1. The standard InChI is InChI=1S/C17H23FN2S/c1-13-4-5-15(10-16(13)18)17(19-2)6-8-20(3)11-14-7-9-21-12-14/h4-5,7,9-10,12,17,19H,6,8,11H2,1-3H3. The first kappa shape index (κ1) is 16.1. The van der Waals surface area contributed by atoms with Gasteiger partial charge >= 0.3 is 0 Å². The molecule has 1 aromatic carbocycles.